The van der Waals surface area contributed by atoms with Gasteiger partial charge in [0.05, 0.1) is 18.7 Å². The van der Waals surface area contributed by atoms with E-state index >= 15 is 0 Å². The number of Topliss-reactive ketones (excluding diaryl/α,β-unsaturated/α-hetero) is 1. The lowest BCUT2D eigenvalue weighted by molar-refractivity contribution is -0.118. The molecule has 0 fully saturated rings. The molecule has 1 aliphatic rings. The van der Waals surface area contributed by atoms with Gasteiger partial charge in [-0.15, -0.1) is 0 Å². The molecule has 1 aromatic carbocycles. The second-order valence-electron chi connectivity index (χ2n) is 4.06. The Labute approximate surface area is 106 Å². The fraction of sp³-hybridized carbons (Fsp3) is 0.333. The molecule has 0 bridgehead atoms. The van der Waals surface area contributed by atoms with Crippen molar-refractivity contribution in [3.63, 3.8) is 0 Å². The monoisotopic (exact) mass is 273 g/mol. The molecule has 1 heterocycles. The molecule has 0 saturated heterocycles. The van der Waals surface area contributed by atoms with E-state index in [-0.39, 0.29) is 30.4 Å². The van der Waals surface area contributed by atoms with Crippen LogP contribution in [0.15, 0.2) is 18.2 Å². The first-order valence-electron chi connectivity index (χ1n) is 5.45. The largest absolute Gasteiger partial charge is 0.491 e. The summed E-state index contributed by atoms with van der Waals surface area (Å²) < 4.78 is 42.3. The third-order valence-electron chi connectivity index (χ3n) is 2.79. The average molecular weight is 273 g/mol. The lowest BCUT2D eigenvalue weighted by atomic mass is 10.1. The van der Waals surface area contributed by atoms with Gasteiger partial charge in [0.2, 0.25) is 5.91 Å². The Kier molecular flexibility index (Phi) is 3.21. The van der Waals surface area contributed by atoms with Crippen molar-refractivity contribution in [2.45, 2.75) is 12.6 Å². The molecule has 0 aliphatic carbocycles. The first-order chi connectivity index (χ1) is 8.80. The molecular weight excluding hydrogens is 263 g/mol. The number of halogens is 3. The molecule has 102 valence electrons. The van der Waals surface area contributed by atoms with Crippen molar-refractivity contribution in [2.75, 3.05) is 18.6 Å². The molecule has 1 amide bonds. The fourth-order valence-electron chi connectivity index (χ4n) is 1.76. The Balaban J connectivity index is 2.45. The number of benzene rings is 1. The number of amides is 1. The number of alkyl halides is 3. The predicted octanol–water partition coefficient (Wildman–Crippen LogP) is 2.18. The van der Waals surface area contributed by atoms with E-state index in [4.69, 9.17) is 4.74 Å². The van der Waals surface area contributed by atoms with E-state index in [1.54, 1.807) is 0 Å². The zero-order chi connectivity index (χ0) is 14.2. The van der Waals surface area contributed by atoms with Gasteiger partial charge in [-0.2, -0.15) is 13.2 Å². The Hall–Kier alpha value is -2.05. The summed E-state index contributed by atoms with van der Waals surface area (Å²) in [5.74, 6) is -1.94. The van der Waals surface area contributed by atoms with Crippen LogP contribution in [0, 0.1) is 0 Å². The third-order valence-corrected chi connectivity index (χ3v) is 2.79. The molecule has 0 saturated carbocycles. The number of hydrogen-bond acceptors (Lipinski definition) is 3. The summed E-state index contributed by atoms with van der Waals surface area (Å²) in [5, 5.41) is 0. The van der Waals surface area contributed by atoms with Crippen LogP contribution in [-0.2, 0) is 4.79 Å². The summed E-state index contributed by atoms with van der Waals surface area (Å²) in [6.45, 7) is 0.155. The molecule has 0 spiro atoms. The minimum Gasteiger partial charge on any atom is -0.491 e. The highest BCUT2D eigenvalue weighted by Crippen LogP contribution is 2.33. The SMILES string of the molecule is CN1C(=O)CCOc2ccc(C(=O)C(F)(F)F)cc21. The number of hydrogen-bond donors (Lipinski definition) is 0. The zero-order valence-corrected chi connectivity index (χ0v) is 9.95. The number of ketones is 1. The number of rotatable bonds is 1. The van der Waals surface area contributed by atoms with Crippen molar-refractivity contribution in [1.82, 2.24) is 0 Å². The van der Waals surface area contributed by atoms with Crippen molar-refractivity contribution in [1.29, 1.82) is 0 Å². The van der Waals surface area contributed by atoms with E-state index in [9.17, 15) is 22.8 Å². The third kappa shape index (κ3) is 2.54. The van der Waals surface area contributed by atoms with E-state index in [0.29, 0.717) is 0 Å². The number of anilines is 1. The summed E-state index contributed by atoms with van der Waals surface area (Å²) in [5.41, 5.74) is -0.353. The molecule has 0 unspecified atom stereocenters. The van der Waals surface area contributed by atoms with Crippen LogP contribution in [0.3, 0.4) is 0 Å². The summed E-state index contributed by atoms with van der Waals surface area (Å²) in [6, 6.07) is 3.33. The van der Waals surface area contributed by atoms with Crippen LogP contribution in [0.5, 0.6) is 5.75 Å². The Morgan fingerprint density at radius 1 is 1.37 bits per heavy atom. The molecule has 1 aromatic rings. The number of nitrogens with zero attached hydrogens (tertiary/aromatic N) is 1. The summed E-state index contributed by atoms with van der Waals surface area (Å²) in [4.78, 5) is 23.9. The number of ether oxygens (including phenoxy) is 1. The zero-order valence-electron chi connectivity index (χ0n) is 9.95. The van der Waals surface area contributed by atoms with Crippen LogP contribution in [0.25, 0.3) is 0 Å². The van der Waals surface area contributed by atoms with Crippen LogP contribution in [0.2, 0.25) is 0 Å². The van der Waals surface area contributed by atoms with Gasteiger partial charge in [-0.25, -0.2) is 0 Å². The van der Waals surface area contributed by atoms with E-state index < -0.39 is 17.5 Å². The topological polar surface area (TPSA) is 46.6 Å². The predicted molar refractivity (Wildman–Crippen MR) is 60.3 cm³/mol. The first-order valence-corrected chi connectivity index (χ1v) is 5.45. The standard InChI is InChI=1S/C12H10F3NO3/c1-16-8-6-7(11(18)12(13,14)15)2-3-9(8)19-5-4-10(16)17/h2-3,6H,4-5H2,1H3. The van der Waals surface area contributed by atoms with Gasteiger partial charge in [0.15, 0.2) is 0 Å². The van der Waals surface area contributed by atoms with Crippen LogP contribution >= 0.6 is 0 Å². The molecule has 0 aromatic heterocycles. The minimum absolute atomic E-state index is 0.133. The Morgan fingerprint density at radius 3 is 2.68 bits per heavy atom. The summed E-state index contributed by atoms with van der Waals surface area (Å²) >= 11 is 0. The van der Waals surface area contributed by atoms with Crippen LogP contribution in [0.4, 0.5) is 18.9 Å². The van der Waals surface area contributed by atoms with Crippen molar-refractivity contribution < 1.29 is 27.5 Å². The quantitative estimate of drug-likeness (QED) is 0.737. The van der Waals surface area contributed by atoms with Gasteiger partial charge >= 0.3 is 6.18 Å². The van der Waals surface area contributed by atoms with Crippen molar-refractivity contribution in [3.05, 3.63) is 23.8 Å². The van der Waals surface area contributed by atoms with E-state index in [1.165, 1.54) is 18.0 Å². The normalized spacial score (nSPS) is 15.6. The second-order valence-corrected chi connectivity index (χ2v) is 4.06. The van der Waals surface area contributed by atoms with Gasteiger partial charge in [0.25, 0.3) is 5.78 Å². The maximum Gasteiger partial charge on any atom is 0.454 e. The average Bonchev–Trinajstić information content (AvgIpc) is 2.48. The number of carbonyl (C=O) groups excluding carboxylic acids is 2. The second kappa shape index (κ2) is 4.56. The van der Waals surface area contributed by atoms with Crippen LogP contribution in [0.1, 0.15) is 16.8 Å². The van der Waals surface area contributed by atoms with Crippen LogP contribution < -0.4 is 9.64 Å². The lowest BCUT2D eigenvalue weighted by Crippen LogP contribution is -2.26. The maximum absolute atomic E-state index is 12.4. The van der Waals surface area contributed by atoms with Gasteiger partial charge in [0.1, 0.15) is 5.75 Å². The number of carbonyl (C=O) groups is 2. The molecule has 0 N–H and O–H groups in total. The summed E-state index contributed by atoms with van der Waals surface area (Å²) in [7, 11) is 1.43. The Bertz CT molecular complexity index is 540. The smallest absolute Gasteiger partial charge is 0.454 e. The Morgan fingerprint density at radius 2 is 2.05 bits per heavy atom. The summed E-state index contributed by atoms with van der Waals surface area (Å²) in [6.07, 6.45) is -4.81. The molecule has 4 nitrogen and oxygen atoms in total. The minimum atomic E-state index is -4.94. The van der Waals surface area contributed by atoms with Gasteiger partial charge in [-0.3, -0.25) is 9.59 Å². The molecule has 0 atom stereocenters. The fourth-order valence-corrected chi connectivity index (χ4v) is 1.76. The first kappa shape index (κ1) is 13.4. The highest BCUT2D eigenvalue weighted by molar-refractivity contribution is 6.03. The van der Waals surface area contributed by atoms with Crippen molar-refractivity contribution >= 4 is 17.4 Å². The van der Waals surface area contributed by atoms with Gasteiger partial charge in [-0.05, 0) is 18.2 Å². The van der Waals surface area contributed by atoms with E-state index in [2.05, 4.69) is 0 Å². The molecule has 0 radical (unpaired) electrons. The number of fused-ring (bicyclic) bond motifs is 1. The molecular formula is C12H10F3NO3. The van der Waals surface area contributed by atoms with Crippen LogP contribution in [-0.4, -0.2) is 31.5 Å². The van der Waals surface area contributed by atoms with Gasteiger partial charge < -0.3 is 9.64 Å². The van der Waals surface area contributed by atoms with Gasteiger partial charge in [0, 0.05) is 12.6 Å². The highest BCUT2D eigenvalue weighted by atomic mass is 19.4. The molecule has 19 heavy (non-hydrogen) atoms. The molecule has 2 rings (SSSR count). The molecule has 7 heteroatoms. The lowest BCUT2D eigenvalue weighted by Gasteiger charge is -2.17. The van der Waals surface area contributed by atoms with E-state index in [0.717, 1.165) is 12.1 Å². The van der Waals surface area contributed by atoms with Crippen molar-refractivity contribution in [2.24, 2.45) is 0 Å². The maximum atomic E-state index is 12.4. The molecule has 1 aliphatic heterocycles. The van der Waals surface area contributed by atoms with Crippen molar-refractivity contribution in [3.8, 4) is 5.75 Å². The van der Waals surface area contributed by atoms with E-state index in [1.807, 2.05) is 0 Å². The highest BCUT2D eigenvalue weighted by Gasteiger charge is 2.39. The van der Waals surface area contributed by atoms with Gasteiger partial charge in [-0.1, -0.05) is 0 Å².